The number of rotatable bonds is 15. The fourth-order valence-corrected chi connectivity index (χ4v) is 7.00. The summed E-state index contributed by atoms with van der Waals surface area (Å²) in [6.07, 6.45) is 3.82. The molecular formula is C46H58ClFN6O7. The van der Waals surface area contributed by atoms with Gasteiger partial charge in [0.05, 0.1) is 16.8 Å². The van der Waals surface area contributed by atoms with Gasteiger partial charge in [0.25, 0.3) is 0 Å². The first kappa shape index (κ1) is 46.3. The molecule has 2 aliphatic heterocycles. The predicted molar refractivity (Wildman–Crippen MR) is 234 cm³/mol. The predicted octanol–water partition coefficient (Wildman–Crippen LogP) is 9.71. The number of alkyl carbamates (subject to hydrolysis) is 2. The summed E-state index contributed by atoms with van der Waals surface area (Å²) in [6.45, 7) is 15.3. The standard InChI is InChI=1S/C46H58ClFN6O7/c1-29(50-43(57)59-28-31-15-10-9-11-16-31)14-12-17-32-24-36(39(48)37(47)25-32)38-26-34-27-54(41(55)52-40(34)51-38)35-20-18-33(19-21-35)30(2)53(44(58)61-46(6,7)8)23-13-22-49-42(56)60-45(3,4)5/h9-11,15-16,18-21,24-27,29-30,40,51H,12-14,17,22-23,28H2,1-8H3,(H,49,56)(H,50,57)(H,52,55)/t29-,30-,40?/m0/s1. The fraction of sp³-hybridized carbons (Fsp3) is 0.435. The first-order valence-electron chi connectivity index (χ1n) is 20.6. The number of carbonyl (C=O) groups is 4. The average Bonchev–Trinajstić information content (AvgIpc) is 3.59. The van der Waals surface area contributed by atoms with E-state index in [1.54, 1.807) is 83.0 Å². The number of amides is 5. The molecular weight excluding hydrogens is 803 g/mol. The lowest BCUT2D eigenvalue weighted by atomic mass is 10.0. The lowest BCUT2D eigenvalue weighted by molar-refractivity contribution is 0.0171. The molecule has 0 saturated heterocycles. The Kier molecular flexibility index (Phi) is 15.3. The fourth-order valence-electron chi connectivity index (χ4n) is 6.76. The number of fused-ring (bicyclic) bond motifs is 1. The van der Waals surface area contributed by atoms with Gasteiger partial charge < -0.3 is 40.4 Å². The zero-order valence-corrected chi connectivity index (χ0v) is 37.0. The summed E-state index contributed by atoms with van der Waals surface area (Å²) in [6, 6.07) is 19.2. The third kappa shape index (κ3) is 13.6. The number of benzene rings is 3. The maximum absolute atomic E-state index is 15.5. The Morgan fingerprint density at radius 3 is 2.26 bits per heavy atom. The minimum atomic E-state index is -0.718. The number of anilines is 1. The molecule has 3 atom stereocenters. The van der Waals surface area contributed by atoms with Gasteiger partial charge in [0.1, 0.15) is 24.0 Å². The van der Waals surface area contributed by atoms with E-state index >= 15 is 4.39 Å². The second-order valence-electron chi connectivity index (χ2n) is 17.2. The molecule has 1 unspecified atom stereocenters. The molecule has 0 radical (unpaired) electrons. The van der Waals surface area contributed by atoms with Crippen LogP contribution in [-0.4, -0.2) is 65.7 Å². The van der Waals surface area contributed by atoms with Crippen molar-refractivity contribution >= 4 is 47.3 Å². The monoisotopic (exact) mass is 860 g/mol. The molecule has 4 N–H and O–H groups in total. The SMILES string of the molecule is C[C@@H](CCCc1cc(Cl)c(F)c(C2=CC3=CN(c4ccc([C@H](C)N(CCCNC(=O)OC(C)(C)C)C(=O)OC(C)(C)C)cc4)C(=O)NC3N2)c1)NC(=O)OCc1ccccc1. The van der Waals surface area contributed by atoms with E-state index in [9.17, 15) is 19.2 Å². The lowest BCUT2D eigenvalue weighted by Crippen LogP contribution is -2.51. The third-order valence-corrected chi connectivity index (χ3v) is 10.0. The highest BCUT2D eigenvalue weighted by molar-refractivity contribution is 6.31. The second kappa shape index (κ2) is 20.2. The summed E-state index contributed by atoms with van der Waals surface area (Å²) in [5.74, 6) is -0.577. The number of carbonyl (C=O) groups excluding carboxylic acids is 4. The molecule has 0 saturated carbocycles. The molecule has 0 aliphatic carbocycles. The molecule has 3 aromatic rings. The van der Waals surface area contributed by atoms with Crippen molar-refractivity contribution in [3.05, 3.63) is 118 Å². The van der Waals surface area contributed by atoms with Crippen molar-refractivity contribution in [3.8, 4) is 0 Å². The Morgan fingerprint density at radius 2 is 1.59 bits per heavy atom. The van der Waals surface area contributed by atoms with Gasteiger partial charge in [-0.25, -0.2) is 23.6 Å². The zero-order valence-electron chi connectivity index (χ0n) is 36.2. The van der Waals surface area contributed by atoms with E-state index in [1.807, 2.05) is 56.3 Å². The van der Waals surface area contributed by atoms with Crippen molar-refractivity contribution in [2.45, 2.75) is 117 Å². The first-order chi connectivity index (χ1) is 28.8. The molecule has 3 aromatic carbocycles. The number of aryl methyl sites for hydroxylation is 1. The van der Waals surface area contributed by atoms with Crippen LogP contribution >= 0.6 is 11.6 Å². The van der Waals surface area contributed by atoms with Crippen LogP contribution in [-0.2, 0) is 27.2 Å². The first-order valence-corrected chi connectivity index (χ1v) is 21.0. The van der Waals surface area contributed by atoms with Crippen molar-refractivity contribution in [1.82, 2.24) is 26.2 Å². The van der Waals surface area contributed by atoms with Crippen molar-refractivity contribution in [1.29, 1.82) is 0 Å². The van der Waals surface area contributed by atoms with Gasteiger partial charge >= 0.3 is 24.3 Å². The van der Waals surface area contributed by atoms with Gasteiger partial charge in [0.15, 0.2) is 5.82 Å². The van der Waals surface area contributed by atoms with Gasteiger partial charge in [0, 0.05) is 42.2 Å². The van der Waals surface area contributed by atoms with E-state index in [2.05, 4.69) is 21.3 Å². The normalized spacial score (nSPS) is 15.9. The molecule has 15 heteroatoms. The number of hydrogen-bond acceptors (Lipinski definition) is 8. The number of nitrogens with zero attached hydrogens (tertiary/aromatic N) is 2. The summed E-state index contributed by atoms with van der Waals surface area (Å²) in [5.41, 5.74) is 3.24. The van der Waals surface area contributed by atoms with Crippen molar-refractivity contribution in [2.24, 2.45) is 0 Å². The second-order valence-corrected chi connectivity index (χ2v) is 17.7. The number of urea groups is 1. The summed E-state index contributed by atoms with van der Waals surface area (Å²) < 4.78 is 31.9. The zero-order chi connectivity index (χ0) is 44.5. The number of hydrogen-bond donors (Lipinski definition) is 4. The molecule has 0 fully saturated rings. The van der Waals surface area contributed by atoms with Crippen LogP contribution in [0.4, 0.5) is 29.3 Å². The quantitative estimate of drug-likeness (QED) is 0.0872. The van der Waals surface area contributed by atoms with Crippen LogP contribution in [0.2, 0.25) is 5.02 Å². The highest BCUT2D eigenvalue weighted by Crippen LogP contribution is 2.33. The minimum absolute atomic E-state index is 0.0163. The van der Waals surface area contributed by atoms with Crippen LogP contribution in [0.3, 0.4) is 0 Å². The van der Waals surface area contributed by atoms with Crippen LogP contribution < -0.4 is 26.2 Å². The Labute approximate surface area is 363 Å². The van der Waals surface area contributed by atoms with Crippen molar-refractivity contribution < 1.29 is 37.8 Å². The van der Waals surface area contributed by atoms with Gasteiger partial charge in [-0.1, -0.05) is 54.1 Å². The van der Waals surface area contributed by atoms with Gasteiger partial charge in [-0.05, 0) is 128 Å². The van der Waals surface area contributed by atoms with Crippen LogP contribution in [0.15, 0.2) is 84.6 Å². The van der Waals surface area contributed by atoms with E-state index < -0.39 is 47.5 Å². The Hall–Kier alpha value is -5.76. The summed E-state index contributed by atoms with van der Waals surface area (Å²) in [7, 11) is 0. The van der Waals surface area contributed by atoms with E-state index in [4.69, 9.17) is 25.8 Å². The molecule has 0 bridgehead atoms. The van der Waals surface area contributed by atoms with E-state index in [0.717, 1.165) is 16.7 Å². The highest BCUT2D eigenvalue weighted by Gasteiger charge is 2.33. The van der Waals surface area contributed by atoms with Crippen molar-refractivity contribution in [3.63, 3.8) is 0 Å². The van der Waals surface area contributed by atoms with E-state index in [0.29, 0.717) is 55.7 Å². The molecule has 5 rings (SSSR count). The topological polar surface area (TPSA) is 151 Å². The van der Waals surface area contributed by atoms with Crippen LogP contribution in [0.5, 0.6) is 0 Å². The van der Waals surface area contributed by atoms with E-state index in [-0.39, 0.29) is 29.3 Å². The maximum atomic E-state index is 15.5. The minimum Gasteiger partial charge on any atom is -0.445 e. The third-order valence-electron chi connectivity index (χ3n) is 9.76. The van der Waals surface area contributed by atoms with Crippen LogP contribution in [0.1, 0.15) is 103 Å². The summed E-state index contributed by atoms with van der Waals surface area (Å²) in [5, 5.41) is 11.7. The number of nitrogens with one attached hydrogen (secondary N) is 4. The van der Waals surface area contributed by atoms with Gasteiger partial charge in [-0.15, -0.1) is 0 Å². The molecule has 61 heavy (non-hydrogen) atoms. The number of halogens is 2. The molecule has 5 amide bonds. The molecule has 0 spiro atoms. The molecule has 2 aliphatic rings. The smallest absolute Gasteiger partial charge is 0.410 e. The number of ether oxygens (including phenoxy) is 3. The largest absolute Gasteiger partial charge is 0.445 e. The molecule has 0 aromatic heterocycles. The van der Waals surface area contributed by atoms with Gasteiger partial charge in [-0.2, -0.15) is 0 Å². The van der Waals surface area contributed by atoms with Gasteiger partial charge in [-0.3, -0.25) is 4.90 Å². The van der Waals surface area contributed by atoms with Gasteiger partial charge in [0.2, 0.25) is 0 Å². The molecule has 328 valence electrons. The lowest BCUT2D eigenvalue weighted by Gasteiger charge is -2.32. The van der Waals surface area contributed by atoms with Crippen LogP contribution in [0, 0.1) is 5.82 Å². The Morgan fingerprint density at radius 1 is 0.902 bits per heavy atom. The molecule has 2 heterocycles. The van der Waals surface area contributed by atoms with Crippen molar-refractivity contribution in [2.75, 3.05) is 18.0 Å². The van der Waals surface area contributed by atoms with Crippen LogP contribution in [0.25, 0.3) is 5.70 Å². The summed E-state index contributed by atoms with van der Waals surface area (Å²) >= 11 is 6.39. The molecule has 13 nitrogen and oxygen atoms in total. The summed E-state index contributed by atoms with van der Waals surface area (Å²) in [4.78, 5) is 54.3. The maximum Gasteiger partial charge on any atom is 0.410 e. The average molecular weight is 861 g/mol. The Bertz CT molecular complexity index is 2100. The Balaban J connectivity index is 1.21. The highest BCUT2D eigenvalue weighted by atomic mass is 35.5. The van der Waals surface area contributed by atoms with E-state index in [1.165, 1.54) is 4.90 Å².